The van der Waals surface area contributed by atoms with E-state index in [2.05, 4.69) is 20.6 Å². The van der Waals surface area contributed by atoms with Crippen LogP contribution in [-0.4, -0.2) is 29.5 Å². The van der Waals surface area contributed by atoms with Crippen LogP contribution in [-0.2, 0) is 6.42 Å². The van der Waals surface area contributed by atoms with Gasteiger partial charge in [-0.1, -0.05) is 29.8 Å². The molecule has 27 heavy (non-hydrogen) atoms. The van der Waals surface area contributed by atoms with Crippen LogP contribution in [0.4, 0.5) is 11.6 Å². The highest BCUT2D eigenvalue weighted by Crippen LogP contribution is 2.14. The molecule has 2 aromatic carbocycles. The lowest BCUT2D eigenvalue weighted by atomic mass is 10.1. The molecule has 0 saturated carbocycles. The molecule has 6 nitrogen and oxygen atoms in total. The Morgan fingerprint density at radius 3 is 2.70 bits per heavy atom. The molecule has 6 heteroatoms. The minimum absolute atomic E-state index is 0.229. The zero-order valence-electron chi connectivity index (χ0n) is 15.4. The van der Waals surface area contributed by atoms with E-state index in [1.807, 2.05) is 55.5 Å². The zero-order chi connectivity index (χ0) is 19.1. The van der Waals surface area contributed by atoms with Gasteiger partial charge in [0, 0.05) is 18.4 Å². The maximum Gasteiger partial charge on any atom is 0.270 e. The number of carbonyl (C=O) groups is 1. The Labute approximate surface area is 158 Å². The molecule has 3 rings (SSSR count). The average molecular weight is 362 g/mol. The predicted octanol–water partition coefficient (Wildman–Crippen LogP) is 3.51. The summed E-state index contributed by atoms with van der Waals surface area (Å²) in [6.07, 6.45) is 2.28. The lowest BCUT2D eigenvalue weighted by Crippen LogP contribution is -2.26. The predicted molar refractivity (Wildman–Crippen MR) is 106 cm³/mol. The molecular formula is C21H22N4O2. The van der Waals surface area contributed by atoms with Gasteiger partial charge in [-0.05, 0) is 49.2 Å². The van der Waals surface area contributed by atoms with Crippen LogP contribution < -0.4 is 15.4 Å². The first kappa shape index (κ1) is 18.4. The van der Waals surface area contributed by atoms with Gasteiger partial charge < -0.3 is 15.4 Å². The van der Waals surface area contributed by atoms with Crippen molar-refractivity contribution >= 4 is 17.5 Å². The molecule has 0 fully saturated rings. The van der Waals surface area contributed by atoms with E-state index in [0.717, 1.165) is 17.0 Å². The summed E-state index contributed by atoms with van der Waals surface area (Å²) in [4.78, 5) is 20.8. The second-order valence-corrected chi connectivity index (χ2v) is 6.11. The van der Waals surface area contributed by atoms with E-state index in [9.17, 15) is 4.79 Å². The molecule has 1 amide bonds. The molecular weight excluding hydrogens is 340 g/mol. The molecule has 0 saturated heterocycles. The number of ether oxygens (including phenoxy) is 1. The number of nitrogens with one attached hydrogen (secondary N) is 2. The van der Waals surface area contributed by atoms with Crippen LogP contribution in [0.15, 0.2) is 60.8 Å². The number of nitrogens with zero attached hydrogens (tertiary/aromatic N) is 2. The molecule has 138 valence electrons. The highest BCUT2D eigenvalue weighted by molar-refractivity contribution is 5.92. The molecule has 0 bridgehead atoms. The summed E-state index contributed by atoms with van der Waals surface area (Å²) in [6.45, 7) is 2.54. The molecule has 0 aliphatic heterocycles. The van der Waals surface area contributed by atoms with Gasteiger partial charge in [0.25, 0.3) is 5.91 Å². The fraction of sp³-hybridized carbons (Fsp3) is 0.190. The number of benzene rings is 2. The monoisotopic (exact) mass is 362 g/mol. The topological polar surface area (TPSA) is 76.1 Å². The number of rotatable bonds is 7. The smallest absolute Gasteiger partial charge is 0.270 e. The van der Waals surface area contributed by atoms with Crippen LogP contribution >= 0.6 is 0 Å². The van der Waals surface area contributed by atoms with E-state index < -0.39 is 0 Å². The number of carbonyl (C=O) groups excluding carboxylic acids is 1. The summed E-state index contributed by atoms with van der Waals surface area (Å²) < 4.78 is 5.21. The van der Waals surface area contributed by atoms with Crippen LogP contribution in [0.5, 0.6) is 5.75 Å². The number of amides is 1. The lowest BCUT2D eigenvalue weighted by molar-refractivity contribution is 0.0949. The lowest BCUT2D eigenvalue weighted by Gasteiger charge is -2.08. The van der Waals surface area contributed by atoms with Crippen molar-refractivity contribution in [3.63, 3.8) is 0 Å². The van der Waals surface area contributed by atoms with Gasteiger partial charge in [-0.25, -0.2) is 9.97 Å². The number of hydrogen-bond donors (Lipinski definition) is 2. The number of aryl methyl sites for hydroxylation is 1. The third kappa shape index (κ3) is 5.28. The van der Waals surface area contributed by atoms with Crippen molar-refractivity contribution in [2.45, 2.75) is 13.3 Å². The second-order valence-electron chi connectivity index (χ2n) is 6.11. The summed E-state index contributed by atoms with van der Waals surface area (Å²) in [5.74, 6) is 0.966. The maximum atomic E-state index is 12.4. The quantitative estimate of drug-likeness (QED) is 0.673. The minimum Gasteiger partial charge on any atom is -0.497 e. The first-order valence-electron chi connectivity index (χ1n) is 8.72. The van der Waals surface area contributed by atoms with Gasteiger partial charge in [-0.15, -0.1) is 0 Å². The van der Waals surface area contributed by atoms with Crippen LogP contribution in [0.3, 0.4) is 0 Å². The minimum atomic E-state index is -0.229. The summed E-state index contributed by atoms with van der Waals surface area (Å²) in [5, 5.41) is 5.99. The Balaban J connectivity index is 1.57. The summed E-state index contributed by atoms with van der Waals surface area (Å²) >= 11 is 0. The van der Waals surface area contributed by atoms with E-state index in [0.29, 0.717) is 24.6 Å². The molecule has 0 aliphatic rings. The second kappa shape index (κ2) is 8.80. The first-order valence-corrected chi connectivity index (χ1v) is 8.72. The van der Waals surface area contributed by atoms with Crippen molar-refractivity contribution in [2.24, 2.45) is 0 Å². The van der Waals surface area contributed by atoms with Gasteiger partial charge in [0.1, 0.15) is 11.4 Å². The third-order valence-electron chi connectivity index (χ3n) is 4.03. The number of aromatic nitrogens is 2. The largest absolute Gasteiger partial charge is 0.497 e. The van der Waals surface area contributed by atoms with Crippen LogP contribution in [0.2, 0.25) is 0 Å². The van der Waals surface area contributed by atoms with E-state index in [1.54, 1.807) is 19.4 Å². The highest BCUT2D eigenvalue weighted by Gasteiger charge is 2.09. The van der Waals surface area contributed by atoms with Crippen molar-refractivity contribution in [3.05, 3.63) is 77.6 Å². The summed E-state index contributed by atoms with van der Waals surface area (Å²) in [6, 6.07) is 17.3. The SMILES string of the molecule is COc1cccc(CCNC(=O)c2ccnc(Nc3ccc(C)cc3)n2)c1. The van der Waals surface area contributed by atoms with E-state index in [-0.39, 0.29) is 5.91 Å². The van der Waals surface area contributed by atoms with Crippen molar-refractivity contribution < 1.29 is 9.53 Å². The third-order valence-corrected chi connectivity index (χ3v) is 4.03. The standard InChI is InChI=1S/C21H22N4O2/c1-15-6-8-17(9-7-15)24-21-23-13-11-19(25-21)20(26)22-12-10-16-4-3-5-18(14-16)27-2/h3-9,11,13-14H,10,12H2,1-2H3,(H,22,26)(H,23,24,25). The van der Waals surface area contributed by atoms with Gasteiger partial charge in [0.15, 0.2) is 0 Å². The number of hydrogen-bond acceptors (Lipinski definition) is 5. The Morgan fingerprint density at radius 2 is 1.93 bits per heavy atom. The molecule has 0 aliphatic carbocycles. The fourth-order valence-corrected chi connectivity index (χ4v) is 2.55. The Kier molecular flexibility index (Phi) is 5.99. The molecule has 0 radical (unpaired) electrons. The van der Waals surface area contributed by atoms with Gasteiger partial charge >= 0.3 is 0 Å². The van der Waals surface area contributed by atoms with Crippen molar-refractivity contribution in [2.75, 3.05) is 19.0 Å². The van der Waals surface area contributed by atoms with Gasteiger partial charge in [0.05, 0.1) is 7.11 Å². The highest BCUT2D eigenvalue weighted by atomic mass is 16.5. The maximum absolute atomic E-state index is 12.4. The van der Waals surface area contributed by atoms with Gasteiger partial charge in [-0.2, -0.15) is 0 Å². The van der Waals surface area contributed by atoms with Crippen LogP contribution in [0.25, 0.3) is 0 Å². The van der Waals surface area contributed by atoms with Crippen molar-refractivity contribution in [1.29, 1.82) is 0 Å². The molecule has 2 N–H and O–H groups in total. The molecule has 0 atom stereocenters. The summed E-state index contributed by atoms with van der Waals surface area (Å²) in [5.41, 5.74) is 3.46. The van der Waals surface area contributed by atoms with Crippen LogP contribution in [0.1, 0.15) is 21.6 Å². The van der Waals surface area contributed by atoms with Gasteiger partial charge in [-0.3, -0.25) is 4.79 Å². The Hall–Kier alpha value is -3.41. The number of anilines is 2. The van der Waals surface area contributed by atoms with Crippen molar-refractivity contribution in [1.82, 2.24) is 15.3 Å². The molecule has 0 unspecified atom stereocenters. The average Bonchev–Trinajstić information content (AvgIpc) is 2.70. The fourth-order valence-electron chi connectivity index (χ4n) is 2.55. The normalized spacial score (nSPS) is 10.3. The van der Waals surface area contributed by atoms with Crippen LogP contribution in [0, 0.1) is 6.92 Å². The zero-order valence-corrected chi connectivity index (χ0v) is 15.4. The van der Waals surface area contributed by atoms with E-state index in [1.165, 1.54) is 5.56 Å². The Morgan fingerprint density at radius 1 is 1.11 bits per heavy atom. The van der Waals surface area contributed by atoms with Gasteiger partial charge in [0.2, 0.25) is 5.95 Å². The molecule has 1 aromatic heterocycles. The van der Waals surface area contributed by atoms with Crippen molar-refractivity contribution in [3.8, 4) is 5.75 Å². The first-order chi connectivity index (χ1) is 13.1. The van der Waals surface area contributed by atoms with E-state index >= 15 is 0 Å². The Bertz CT molecular complexity index is 910. The molecule has 1 heterocycles. The molecule has 3 aromatic rings. The molecule has 0 spiro atoms. The summed E-state index contributed by atoms with van der Waals surface area (Å²) in [7, 11) is 1.64. The number of methoxy groups -OCH3 is 1. The van der Waals surface area contributed by atoms with E-state index in [4.69, 9.17) is 4.74 Å².